The van der Waals surface area contributed by atoms with E-state index in [0.717, 1.165) is 0 Å². The van der Waals surface area contributed by atoms with Crippen LogP contribution in [0.3, 0.4) is 0 Å². The summed E-state index contributed by atoms with van der Waals surface area (Å²) in [5, 5.41) is 9.08. The second kappa shape index (κ2) is 5.08. The molecule has 2 rings (SSSR count). The van der Waals surface area contributed by atoms with Crippen LogP contribution in [0.5, 0.6) is 5.75 Å². The molecule has 104 valence electrons. The zero-order chi connectivity index (χ0) is 14.2. The van der Waals surface area contributed by atoms with E-state index in [4.69, 9.17) is 9.84 Å². The van der Waals surface area contributed by atoms with Crippen LogP contribution in [0, 0.1) is 17.5 Å². The van der Waals surface area contributed by atoms with Crippen LogP contribution in [0.1, 0.15) is 17.3 Å². The molecule has 1 N–H and O–H groups in total. The highest BCUT2D eigenvalue weighted by molar-refractivity contribution is 5.95. The summed E-state index contributed by atoms with van der Waals surface area (Å²) < 4.78 is 44.9. The minimum atomic E-state index is -1.70. The van der Waals surface area contributed by atoms with Gasteiger partial charge in [0.1, 0.15) is 0 Å². The second-order valence-corrected chi connectivity index (χ2v) is 4.32. The number of ether oxygens (including phenoxy) is 1. The molecule has 0 aromatic heterocycles. The number of carbonyl (C=O) groups is 1. The molecule has 0 saturated carbocycles. The zero-order valence-corrected chi connectivity index (χ0v) is 10.1. The number of hydrogen-bond acceptors (Lipinski definition) is 3. The van der Waals surface area contributed by atoms with E-state index < -0.39 is 34.7 Å². The molecule has 1 aromatic carbocycles. The van der Waals surface area contributed by atoms with Crippen molar-refractivity contribution in [2.45, 2.75) is 13.0 Å². The van der Waals surface area contributed by atoms with E-state index in [1.54, 1.807) is 6.92 Å². The molecule has 0 spiro atoms. The van der Waals surface area contributed by atoms with Crippen molar-refractivity contribution < 1.29 is 27.8 Å². The van der Waals surface area contributed by atoms with Gasteiger partial charge in [-0.25, -0.2) is 8.78 Å². The average molecular weight is 275 g/mol. The highest BCUT2D eigenvalue weighted by Crippen LogP contribution is 2.27. The summed E-state index contributed by atoms with van der Waals surface area (Å²) in [5.41, 5.74) is -0.689. The van der Waals surface area contributed by atoms with Gasteiger partial charge in [0, 0.05) is 13.1 Å². The van der Waals surface area contributed by atoms with E-state index in [9.17, 15) is 18.0 Å². The molecule has 0 unspecified atom stereocenters. The summed E-state index contributed by atoms with van der Waals surface area (Å²) in [6.45, 7) is 2.46. The van der Waals surface area contributed by atoms with E-state index in [-0.39, 0.29) is 25.8 Å². The number of nitrogens with zero attached hydrogens (tertiary/aromatic N) is 1. The maximum Gasteiger partial charge on any atom is 0.257 e. The first-order valence-electron chi connectivity index (χ1n) is 5.69. The number of aromatic hydroxyl groups is 1. The van der Waals surface area contributed by atoms with Gasteiger partial charge >= 0.3 is 0 Å². The molecule has 1 amide bonds. The molecular formula is C12H12F3NO3. The lowest BCUT2D eigenvalue weighted by molar-refractivity contribution is -0.0126. The van der Waals surface area contributed by atoms with Gasteiger partial charge in [-0.05, 0) is 13.0 Å². The van der Waals surface area contributed by atoms with Crippen LogP contribution >= 0.6 is 0 Å². The van der Waals surface area contributed by atoms with E-state index in [2.05, 4.69) is 0 Å². The predicted octanol–water partition coefficient (Wildman–Crippen LogP) is 1.67. The predicted molar refractivity (Wildman–Crippen MR) is 59.3 cm³/mol. The molecule has 7 heteroatoms. The van der Waals surface area contributed by atoms with Crippen molar-refractivity contribution in [1.29, 1.82) is 0 Å². The van der Waals surface area contributed by atoms with Crippen molar-refractivity contribution in [1.82, 2.24) is 4.90 Å². The van der Waals surface area contributed by atoms with Gasteiger partial charge in [-0.15, -0.1) is 0 Å². The van der Waals surface area contributed by atoms with E-state index >= 15 is 0 Å². The Kier molecular flexibility index (Phi) is 3.66. The summed E-state index contributed by atoms with van der Waals surface area (Å²) in [6.07, 6.45) is -0.223. The molecule has 1 saturated heterocycles. The molecule has 1 aliphatic heterocycles. The molecule has 1 fully saturated rings. The normalized spacial score (nSPS) is 19.6. The fourth-order valence-corrected chi connectivity index (χ4v) is 1.92. The summed E-state index contributed by atoms with van der Waals surface area (Å²) in [4.78, 5) is 13.3. The van der Waals surface area contributed by atoms with Crippen LogP contribution in [0.4, 0.5) is 13.2 Å². The molecule has 0 radical (unpaired) electrons. The Morgan fingerprint density at radius 1 is 1.42 bits per heavy atom. The quantitative estimate of drug-likeness (QED) is 0.793. The van der Waals surface area contributed by atoms with Crippen molar-refractivity contribution in [3.63, 3.8) is 0 Å². The van der Waals surface area contributed by atoms with Crippen molar-refractivity contribution in [3.8, 4) is 5.75 Å². The molecule has 0 bridgehead atoms. The first kappa shape index (κ1) is 13.7. The van der Waals surface area contributed by atoms with Crippen LogP contribution in [-0.4, -0.2) is 41.7 Å². The fraction of sp³-hybridized carbons (Fsp3) is 0.417. The monoisotopic (exact) mass is 275 g/mol. The third kappa shape index (κ3) is 2.51. The van der Waals surface area contributed by atoms with Crippen molar-refractivity contribution in [2.75, 3.05) is 19.7 Å². The minimum absolute atomic E-state index is 0.220. The SMILES string of the molecule is C[C@H]1CN(C(=O)c2cc(F)c(F)c(O)c2F)CCO1. The number of halogens is 3. The Labute approximate surface area is 107 Å². The van der Waals surface area contributed by atoms with Crippen molar-refractivity contribution in [2.24, 2.45) is 0 Å². The number of benzene rings is 1. The number of phenols is 1. The third-order valence-electron chi connectivity index (χ3n) is 2.89. The number of rotatable bonds is 1. The van der Waals surface area contributed by atoms with Crippen molar-refractivity contribution in [3.05, 3.63) is 29.1 Å². The number of hydrogen-bond donors (Lipinski definition) is 1. The van der Waals surface area contributed by atoms with Crippen molar-refractivity contribution >= 4 is 5.91 Å². The number of amides is 1. The van der Waals surface area contributed by atoms with E-state index in [1.165, 1.54) is 4.90 Å². The van der Waals surface area contributed by atoms with Gasteiger partial charge in [0.05, 0.1) is 18.3 Å². The molecule has 1 aliphatic rings. The first-order valence-corrected chi connectivity index (χ1v) is 5.69. The lowest BCUT2D eigenvalue weighted by Crippen LogP contribution is -2.44. The molecule has 0 aliphatic carbocycles. The summed E-state index contributed by atoms with van der Waals surface area (Å²) in [7, 11) is 0. The van der Waals surface area contributed by atoms with Gasteiger partial charge in [-0.1, -0.05) is 0 Å². The molecule has 19 heavy (non-hydrogen) atoms. The Morgan fingerprint density at radius 3 is 2.74 bits per heavy atom. The van der Waals surface area contributed by atoms with Crippen LogP contribution in [-0.2, 0) is 4.74 Å². The standard InChI is InChI=1S/C12H12F3NO3/c1-6-5-16(2-3-19-6)12(18)7-4-8(13)10(15)11(17)9(7)14/h4,6,17H,2-3,5H2,1H3/t6-/m0/s1. The number of morpholine rings is 1. The van der Waals surface area contributed by atoms with Gasteiger partial charge in [0.15, 0.2) is 17.4 Å². The molecule has 1 atom stereocenters. The molecular weight excluding hydrogens is 263 g/mol. The van der Waals surface area contributed by atoms with Gasteiger partial charge in [0.2, 0.25) is 5.82 Å². The largest absolute Gasteiger partial charge is 0.503 e. The highest BCUT2D eigenvalue weighted by atomic mass is 19.2. The summed E-state index contributed by atoms with van der Waals surface area (Å²) in [5.74, 6) is -6.91. The lowest BCUT2D eigenvalue weighted by atomic mass is 10.1. The molecule has 4 nitrogen and oxygen atoms in total. The molecule has 1 aromatic rings. The third-order valence-corrected chi connectivity index (χ3v) is 2.89. The van der Waals surface area contributed by atoms with Crippen LogP contribution in [0.25, 0.3) is 0 Å². The topological polar surface area (TPSA) is 49.8 Å². The smallest absolute Gasteiger partial charge is 0.257 e. The fourth-order valence-electron chi connectivity index (χ4n) is 1.92. The zero-order valence-electron chi connectivity index (χ0n) is 10.1. The summed E-state index contributed by atoms with van der Waals surface area (Å²) in [6, 6.07) is 0.451. The van der Waals surface area contributed by atoms with Gasteiger partial charge in [-0.3, -0.25) is 4.79 Å². The second-order valence-electron chi connectivity index (χ2n) is 4.32. The van der Waals surface area contributed by atoms with Gasteiger partial charge < -0.3 is 14.7 Å². The first-order chi connectivity index (χ1) is 8.91. The minimum Gasteiger partial charge on any atom is -0.503 e. The van der Waals surface area contributed by atoms with Crippen LogP contribution < -0.4 is 0 Å². The highest BCUT2D eigenvalue weighted by Gasteiger charge is 2.28. The maximum absolute atomic E-state index is 13.6. The summed E-state index contributed by atoms with van der Waals surface area (Å²) >= 11 is 0. The number of phenolic OH excluding ortho intramolecular Hbond substituents is 1. The van der Waals surface area contributed by atoms with E-state index in [1.807, 2.05) is 0 Å². The number of carbonyl (C=O) groups excluding carboxylic acids is 1. The Balaban J connectivity index is 2.34. The average Bonchev–Trinajstić information content (AvgIpc) is 2.40. The maximum atomic E-state index is 13.6. The Hall–Kier alpha value is -1.76. The molecule has 1 heterocycles. The van der Waals surface area contributed by atoms with E-state index in [0.29, 0.717) is 6.07 Å². The van der Waals surface area contributed by atoms with Crippen LogP contribution in [0.15, 0.2) is 6.07 Å². The van der Waals surface area contributed by atoms with Crippen LogP contribution in [0.2, 0.25) is 0 Å². The lowest BCUT2D eigenvalue weighted by Gasteiger charge is -2.31. The Morgan fingerprint density at radius 2 is 2.11 bits per heavy atom. The Bertz CT molecular complexity index is 521. The van der Waals surface area contributed by atoms with Gasteiger partial charge in [-0.2, -0.15) is 4.39 Å². The van der Waals surface area contributed by atoms with Gasteiger partial charge in [0.25, 0.3) is 5.91 Å².